The number of rotatable bonds is 2. The van der Waals surface area contributed by atoms with Crippen LogP contribution in [0.2, 0.25) is 0 Å². The van der Waals surface area contributed by atoms with Gasteiger partial charge in [-0.2, -0.15) is 5.47 Å². The number of nitrogens with one attached hydrogen (secondary N) is 1. The summed E-state index contributed by atoms with van der Waals surface area (Å²) in [5, 5.41) is 3.71. The summed E-state index contributed by atoms with van der Waals surface area (Å²) in [7, 11) is 0. The number of hydrogen-bond acceptors (Lipinski definition) is 3. The van der Waals surface area contributed by atoms with Crippen molar-refractivity contribution < 1.29 is 9.31 Å². The number of benzene rings is 2. The second-order valence-electron chi connectivity index (χ2n) is 8.43. The summed E-state index contributed by atoms with van der Waals surface area (Å²) in [5.41, 5.74) is 2.89. The average Bonchev–Trinajstić information content (AvgIpc) is 3.02. The van der Waals surface area contributed by atoms with E-state index in [1.807, 2.05) is 6.07 Å². The first kappa shape index (κ1) is 17.5. The van der Waals surface area contributed by atoms with Gasteiger partial charge in [0.2, 0.25) is 0 Å². The molecule has 2 aromatic carbocycles. The highest BCUT2D eigenvalue weighted by molar-refractivity contribution is 6.75. The molecule has 0 aromatic heterocycles. The lowest BCUT2D eigenvalue weighted by Gasteiger charge is -2.36. The van der Waals surface area contributed by atoms with Crippen LogP contribution >= 0.6 is 0 Å². The summed E-state index contributed by atoms with van der Waals surface area (Å²) in [5.74, 6) is 0. The maximum Gasteiger partial charge on any atom is 0.342 e. The largest absolute Gasteiger partial charge is 0.545 e. The van der Waals surface area contributed by atoms with Crippen LogP contribution in [-0.2, 0) is 9.31 Å². The molecule has 0 radical (unpaired) electrons. The molecule has 2 heterocycles. The highest BCUT2D eigenvalue weighted by Gasteiger charge is 2.56. The third-order valence-electron chi connectivity index (χ3n) is 6.07. The molecule has 4 heteroatoms. The minimum atomic E-state index is -1.70. The minimum Gasteiger partial charge on any atom is -0.545 e. The van der Waals surface area contributed by atoms with E-state index in [1.54, 1.807) is 0 Å². The Morgan fingerprint density at radius 2 is 1.42 bits per heavy atom. The molecule has 3 nitrogen and oxygen atoms in total. The quantitative estimate of drug-likeness (QED) is 0.784. The Morgan fingerprint density at radius 1 is 0.885 bits per heavy atom. The van der Waals surface area contributed by atoms with Crippen LogP contribution in [0.15, 0.2) is 66.1 Å². The molecule has 2 aromatic rings. The minimum absolute atomic E-state index is 0.191. The lowest BCUT2D eigenvalue weighted by molar-refractivity contribution is 0.00578. The van der Waals surface area contributed by atoms with Crippen LogP contribution in [0.3, 0.4) is 0 Å². The number of hydrogen-bond donors (Lipinski definition) is 1. The molecule has 0 saturated carbocycles. The van der Waals surface area contributed by atoms with Crippen molar-refractivity contribution >= 4 is 12.8 Å². The molecule has 2 saturated heterocycles. The third kappa shape index (κ3) is 2.92. The fourth-order valence-electron chi connectivity index (χ4n) is 4.01. The van der Waals surface area contributed by atoms with Crippen molar-refractivity contribution in [2.24, 2.45) is 0 Å². The van der Waals surface area contributed by atoms with Crippen LogP contribution in [0.4, 0.5) is 0 Å². The molecule has 1 N–H and O–H groups in total. The SMILES string of the molecule is CC1(C)O[B-]2(N[C@H](c3ccccc3)C/C2=C\c2ccccc2)OC1(C)C. The van der Waals surface area contributed by atoms with Gasteiger partial charge in [-0.25, -0.2) is 0 Å². The van der Waals surface area contributed by atoms with Crippen LogP contribution in [0.1, 0.15) is 51.3 Å². The van der Waals surface area contributed by atoms with E-state index in [1.165, 1.54) is 16.6 Å². The highest BCUT2D eigenvalue weighted by atomic mass is 16.7. The van der Waals surface area contributed by atoms with Gasteiger partial charge in [0.25, 0.3) is 0 Å². The molecule has 0 unspecified atom stereocenters. The van der Waals surface area contributed by atoms with E-state index >= 15 is 0 Å². The van der Waals surface area contributed by atoms with Crippen molar-refractivity contribution in [3.63, 3.8) is 0 Å². The van der Waals surface area contributed by atoms with Gasteiger partial charge in [0.1, 0.15) is 0 Å². The first-order valence-electron chi connectivity index (χ1n) is 9.44. The van der Waals surface area contributed by atoms with Gasteiger partial charge in [-0.3, -0.25) is 0 Å². The Balaban J connectivity index is 1.76. The predicted octanol–water partition coefficient (Wildman–Crippen LogP) is 4.89. The lowest BCUT2D eigenvalue weighted by atomic mass is 9.65. The van der Waals surface area contributed by atoms with Crippen molar-refractivity contribution in [1.82, 2.24) is 5.23 Å². The molecule has 2 fully saturated rings. The zero-order valence-corrected chi connectivity index (χ0v) is 16.0. The van der Waals surface area contributed by atoms with Gasteiger partial charge in [0.05, 0.1) is 0 Å². The lowest BCUT2D eigenvalue weighted by Crippen LogP contribution is -2.51. The Hall–Kier alpha value is -1.88. The summed E-state index contributed by atoms with van der Waals surface area (Å²) in [4.78, 5) is 0. The molecule has 136 valence electrons. The maximum atomic E-state index is 6.61. The molecule has 4 rings (SSSR count). The van der Waals surface area contributed by atoms with E-state index in [0.717, 1.165) is 6.42 Å². The van der Waals surface area contributed by atoms with Gasteiger partial charge < -0.3 is 14.5 Å². The molecule has 26 heavy (non-hydrogen) atoms. The van der Waals surface area contributed by atoms with Crippen LogP contribution in [0.25, 0.3) is 6.08 Å². The summed E-state index contributed by atoms with van der Waals surface area (Å²) >= 11 is 0. The zero-order valence-electron chi connectivity index (χ0n) is 16.0. The van der Waals surface area contributed by atoms with E-state index < -0.39 is 6.69 Å². The average molecular weight is 348 g/mol. The second kappa shape index (κ2) is 6.09. The Kier molecular flexibility index (Phi) is 4.10. The maximum absolute atomic E-state index is 6.61. The smallest absolute Gasteiger partial charge is 0.342 e. The van der Waals surface area contributed by atoms with Gasteiger partial charge in [-0.15, -0.1) is 0 Å². The first-order valence-corrected chi connectivity index (χ1v) is 9.44. The first-order chi connectivity index (χ1) is 12.3. The van der Waals surface area contributed by atoms with Gasteiger partial charge >= 0.3 is 6.69 Å². The molecule has 0 amide bonds. The van der Waals surface area contributed by atoms with Gasteiger partial charge in [-0.05, 0) is 45.2 Å². The molecular weight excluding hydrogens is 321 g/mol. The second-order valence-corrected chi connectivity index (χ2v) is 8.43. The summed E-state index contributed by atoms with van der Waals surface area (Å²) in [6.45, 7) is 6.75. The van der Waals surface area contributed by atoms with Gasteiger partial charge in [0, 0.05) is 17.2 Å². The molecular formula is C22H27BNO2-. The summed E-state index contributed by atoms with van der Waals surface area (Å²) in [6, 6.07) is 21.1. The van der Waals surface area contributed by atoms with Gasteiger partial charge in [-0.1, -0.05) is 66.7 Å². The van der Waals surface area contributed by atoms with Crippen molar-refractivity contribution in [2.45, 2.75) is 51.4 Å². The monoisotopic (exact) mass is 348 g/mol. The highest BCUT2D eigenvalue weighted by Crippen LogP contribution is 2.49. The van der Waals surface area contributed by atoms with E-state index in [2.05, 4.69) is 93.6 Å². The summed E-state index contributed by atoms with van der Waals surface area (Å²) < 4.78 is 13.2. The third-order valence-corrected chi connectivity index (χ3v) is 6.07. The fourth-order valence-corrected chi connectivity index (χ4v) is 4.01. The van der Waals surface area contributed by atoms with Crippen molar-refractivity contribution in [2.75, 3.05) is 0 Å². The van der Waals surface area contributed by atoms with Crippen molar-refractivity contribution in [1.29, 1.82) is 0 Å². The topological polar surface area (TPSA) is 30.5 Å². The summed E-state index contributed by atoms with van der Waals surface area (Å²) in [6.07, 6.45) is 3.11. The standard InChI is InChI=1S/C22H27BNO2/c1-21(2)22(3,4)26-23(25-21)19(15-17-11-7-5-8-12-17)16-20(24-23)18-13-9-6-10-14-18/h5-15,20,24H,16H2,1-4H3/q-1/b19-15+/t20-/m0/s1. The van der Waals surface area contributed by atoms with E-state index in [4.69, 9.17) is 9.31 Å². The molecule has 1 spiro atoms. The fraction of sp³-hybridized carbons (Fsp3) is 0.364. The molecule has 2 aliphatic heterocycles. The van der Waals surface area contributed by atoms with Crippen molar-refractivity contribution in [3.8, 4) is 0 Å². The van der Waals surface area contributed by atoms with Crippen LogP contribution < -0.4 is 5.23 Å². The Morgan fingerprint density at radius 3 is 2.00 bits per heavy atom. The molecule has 2 aliphatic rings. The van der Waals surface area contributed by atoms with Crippen molar-refractivity contribution in [3.05, 3.63) is 77.3 Å². The zero-order chi connectivity index (χ0) is 18.4. The van der Waals surface area contributed by atoms with Gasteiger partial charge in [0.15, 0.2) is 0 Å². The molecule has 0 aliphatic carbocycles. The van der Waals surface area contributed by atoms with E-state index in [9.17, 15) is 0 Å². The van der Waals surface area contributed by atoms with E-state index in [0.29, 0.717) is 0 Å². The predicted molar refractivity (Wildman–Crippen MR) is 107 cm³/mol. The Labute approximate surface area is 156 Å². The van der Waals surface area contributed by atoms with Crippen LogP contribution in [-0.4, -0.2) is 17.9 Å². The normalized spacial score (nSPS) is 27.2. The molecule has 1 atom stereocenters. The van der Waals surface area contributed by atoms with Crippen LogP contribution in [0, 0.1) is 0 Å². The van der Waals surface area contributed by atoms with Crippen LogP contribution in [0.5, 0.6) is 0 Å². The Bertz CT molecular complexity index is 799. The van der Waals surface area contributed by atoms with E-state index in [-0.39, 0.29) is 17.2 Å². The molecule has 0 bridgehead atoms.